The number of nitrogens with zero attached hydrogens (tertiary/aromatic N) is 2. The molecule has 2 aromatic rings. The molecule has 4 bridgehead atoms. The van der Waals surface area contributed by atoms with E-state index in [4.69, 9.17) is 9.97 Å². The molecule has 6 aliphatic rings. The molecule has 0 spiro atoms. The monoisotopic (exact) mass is 374 g/mol. The summed E-state index contributed by atoms with van der Waals surface area (Å²) in [7, 11) is 0. The third kappa shape index (κ3) is 1.85. The SMILES string of the molecule is CC1(C)[C@@H]2Cc3nc(-c4ccc5c(n4)[C@@](C)(O)[C@@H]4C[C@H]5C4(C)C)ccc3[C@H]1C2. The van der Waals surface area contributed by atoms with E-state index in [-0.39, 0.29) is 11.3 Å². The Balaban J connectivity index is 1.42. The van der Waals surface area contributed by atoms with Crippen LogP contribution in [0.3, 0.4) is 0 Å². The van der Waals surface area contributed by atoms with Crippen LogP contribution in [-0.2, 0) is 12.0 Å². The first-order valence-corrected chi connectivity index (χ1v) is 10.9. The van der Waals surface area contributed by atoms with Crippen molar-refractivity contribution in [3.05, 3.63) is 46.8 Å². The number of aromatic nitrogens is 2. The molecule has 2 fully saturated rings. The Morgan fingerprint density at radius 2 is 1.46 bits per heavy atom. The van der Waals surface area contributed by atoms with Crippen LogP contribution < -0.4 is 0 Å². The smallest absolute Gasteiger partial charge is 0.107 e. The van der Waals surface area contributed by atoms with E-state index in [0.29, 0.717) is 17.3 Å². The van der Waals surface area contributed by atoms with E-state index in [1.807, 2.05) is 6.92 Å². The van der Waals surface area contributed by atoms with Gasteiger partial charge in [0.1, 0.15) is 5.60 Å². The summed E-state index contributed by atoms with van der Waals surface area (Å²) in [5, 5.41) is 11.3. The van der Waals surface area contributed by atoms with Gasteiger partial charge in [-0.1, -0.05) is 39.8 Å². The van der Waals surface area contributed by atoms with Gasteiger partial charge >= 0.3 is 0 Å². The number of hydrogen-bond acceptors (Lipinski definition) is 3. The van der Waals surface area contributed by atoms with Crippen molar-refractivity contribution < 1.29 is 5.11 Å². The average molecular weight is 375 g/mol. The second-order valence-corrected chi connectivity index (χ2v) is 11.2. The lowest BCUT2D eigenvalue weighted by molar-refractivity contribution is -0.149. The van der Waals surface area contributed by atoms with E-state index in [1.54, 1.807) is 0 Å². The molecule has 3 nitrogen and oxygen atoms in total. The number of pyridine rings is 2. The first kappa shape index (κ1) is 17.1. The fourth-order valence-corrected chi connectivity index (χ4v) is 7.13. The maximum atomic E-state index is 11.3. The molecule has 0 aliphatic heterocycles. The highest BCUT2D eigenvalue weighted by atomic mass is 16.3. The van der Waals surface area contributed by atoms with Crippen LogP contribution >= 0.6 is 0 Å². The molecule has 6 aliphatic carbocycles. The Morgan fingerprint density at radius 3 is 2.14 bits per heavy atom. The second kappa shape index (κ2) is 4.87. The van der Waals surface area contributed by atoms with Crippen LogP contribution in [0, 0.1) is 22.7 Å². The van der Waals surface area contributed by atoms with Crippen molar-refractivity contribution in [2.24, 2.45) is 22.7 Å². The molecule has 2 heterocycles. The van der Waals surface area contributed by atoms with Crippen LogP contribution in [0.2, 0.25) is 0 Å². The summed E-state index contributed by atoms with van der Waals surface area (Å²) < 4.78 is 0. The average Bonchev–Trinajstić information content (AvgIpc) is 2.65. The van der Waals surface area contributed by atoms with E-state index < -0.39 is 5.60 Å². The quantitative estimate of drug-likeness (QED) is 0.748. The molecule has 3 heteroatoms. The topological polar surface area (TPSA) is 46.0 Å². The number of aliphatic hydroxyl groups is 1. The van der Waals surface area contributed by atoms with E-state index in [2.05, 4.69) is 52.0 Å². The van der Waals surface area contributed by atoms with E-state index in [9.17, 15) is 5.11 Å². The number of rotatable bonds is 1. The second-order valence-electron chi connectivity index (χ2n) is 11.2. The predicted octanol–water partition coefficient (Wildman–Crippen LogP) is 5.18. The van der Waals surface area contributed by atoms with E-state index in [1.165, 1.54) is 23.2 Å². The van der Waals surface area contributed by atoms with Crippen molar-refractivity contribution in [1.82, 2.24) is 9.97 Å². The van der Waals surface area contributed by atoms with Crippen LogP contribution in [0.4, 0.5) is 0 Å². The predicted molar refractivity (Wildman–Crippen MR) is 110 cm³/mol. The van der Waals surface area contributed by atoms with E-state index in [0.717, 1.165) is 35.8 Å². The zero-order valence-corrected chi connectivity index (χ0v) is 17.6. The van der Waals surface area contributed by atoms with Crippen LogP contribution in [0.25, 0.3) is 11.4 Å². The van der Waals surface area contributed by atoms with Crippen LogP contribution in [0.15, 0.2) is 24.3 Å². The van der Waals surface area contributed by atoms with Gasteiger partial charge in [0, 0.05) is 5.69 Å². The van der Waals surface area contributed by atoms with Gasteiger partial charge in [0.25, 0.3) is 0 Å². The molecule has 2 aromatic heterocycles. The minimum Gasteiger partial charge on any atom is -0.384 e. The summed E-state index contributed by atoms with van der Waals surface area (Å²) in [5.41, 5.74) is 6.41. The standard InChI is InChI=1S/C25H30N2O/c1-23(2)13-10-16(23)14-6-8-18(26-20(14)11-13)19-9-7-15-17-12-21(24(17,3)4)25(5,28)22(15)27-19/h6-9,13,16-17,21,28H,10-12H2,1-5H3/t13-,16+,17+,21+,25-/m0/s1. The molecule has 0 radical (unpaired) electrons. The van der Waals surface area contributed by atoms with Crippen LogP contribution in [0.5, 0.6) is 0 Å². The summed E-state index contributed by atoms with van der Waals surface area (Å²) >= 11 is 0. The molecular formula is C25H30N2O. The van der Waals surface area contributed by atoms with Crippen molar-refractivity contribution >= 4 is 0 Å². The van der Waals surface area contributed by atoms with Crippen molar-refractivity contribution in [1.29, 1.82) is 0 Å². The fraction of sp³-hybridized carbons (Fsp3) is 0.600. The zero-order valence-electron chi connectivity index (χ0n) is 17.6. The highest BCUT2D eigenvalue weighted by Crippen LogP contribution is 2.67. The zero-order chi connectivity index (χ0) is 19.6. The first-order chi connectivity index (χ1) is 13.1. The van der Waals surface area contributed by atoms with Crippen LogP contribution in [-0.4, -0.2) is 15.1 Å². The maximum absolute atomic E-state index is 11.3. The molecule has 5 atom stereocenters. The summed E-state index contributed by atoms with van der Waals surface area (Å²) in [5.74, 6) is 2.22. The van der Waals surface area contributed by atoms with Crippen molar-refractivity contribution in [2.45, 2.75) is 71.3 Å². The lowest BCUT2D eigenvalue weighted by Gasteiger charge is -2.62. The molecule has 0 unspecified atom stereocenters. The van der Waals surface area contributed by atoms with Gasteiger partial charge < -0.3 is 5.11 Å². The van der Waals surface area contributed by atoms with Crippen molar-refractivity contribution in [3.8, 4) is 11.4 Å². The molecule has 28 heavy (non-hydrogen) atoms. The molecule has 2 saturated carbocycles. The minimum absolute atomic E-state index is 0.150. The highest BCUT2D eigenvalue weighted by molar-refractivity contribution is 5.58. The molecule has 0 aromatic carbocycles. The third-order valence-corrected chi connectivity index (χ3v) is 9.28. The van der Waals surface area contributed by atoms with E-state index >= 15 is 0 Å². The lowest BCUT2D eigenvalue weighted by atomic mass is 9.44. The van der Waals surface area contributed by atoms with Crippen molar-refractivity contribution in [3.63, 3.8) is 0 Å². The maximum Gasteiger partial charge on any atom is 0.107 e. The molecular weight excluding hydrogens is 344 g/mol. The summed E-state index contributed by atoms with van der Waals surface area (Å²) in [6.07, 6.45) is 3.48. The third-order valence-electron chi connectivity index (χ3n) is 9.28. The normalized spacial score (nSPS) is 37.9. The van der Waals surface area contributed by atoms with Gasteiger partial charge in [0.15, 0.2) is 0 Å². The highest BCUT2D eigenvalue weighted by Gasteiger charge is 2.62. The molecule has 0 amide bonds. The fourth-order valence-electron chi connectivity index (χ4n) is 7.13. The number of hydrogen-bond donors (Lipinski definition) is 1. The molecule has 8 rings (SSSR count). The van der Waals surface area contributed by atoms with Crippen molar-refractivity contribution in [2.75, 3.05) is 0 Å². The molecule has 0 saturated heterocycles. The Bertz CT molecular complexity index is 1020. The lowest BCUT2D eigenvalue weighted by Crippen LogP contribution is -2.58. The van der Waals surface area contributed by atoms with Gasteiger partial charge in [-0.25, -0.2) is 4.98 Å². The van der Waals surface area contributed by atoms with Gasteiger partial charge in [-0.05, 0) is 83.9 Å². The van der Waals surface area contributed by atoms with Gasteiger partial charge in [0.2, 0.25) is 0 Å². The Kier molecular flexibility index (Phi) is 2.98. The van der Waals surface area contributed by atoms with Crippen LogP contribution in [0.1, 0.15) is 81.8 Å². The first-order valence-electron chi connectivity index (χ1n) is 10.9. The van der Waals surface area contributed by atoms with Gasteiger partial charge in [-0.15, -0.1) is 0 Å². The summed E-state index contributed by atoms with van der Waals surface area (Å²) in [6, 6.07) is 8.76. The molecule has 146 valence electrons. The Morgan fingerprint density at radius 1 is 0.821 bits per heavy atom. The molecule has 1 N–H and O–H groups in total. The van der Waals surface area contributed by atoms with Gasteiger partial charge in [-0.3, -0.25) is 4.98 Å². The van der Waals surface area contributed by atoms with Gasteiger partial charge in [-0.2, -0.15) is 0 Å². The summed E-state index contributed by atoms with van der Waals surface area (Å²) in [6.45, 7) is 11.3. The van der Waals surface area contributed by atoms with Gasteiger partial charge in [0.05, 0.1) is 17.1 Å². The Hall–Kier alpha value is -1.74. The minimum atomic E-state index is -0.858. The summed E-state index contributed by atoms with van der Waals surface area (Å²) in [4.78, 5) is 10.0. The largest absolute Gasteiger partial charge is 0.384 e. The Labute approximate surface area is 167 Å².